The molecular formula is C15H11F3N4OS. The van der Waals surface area contributed by atoms with Gasteiger partial charge in [0.2, 0.25) is 5.91 Å². The van der Waals surface area contributed by atoms with Crippen LogP contribution in [0.5, 0.6) is 0 Å². The Morgan fingerprint density at radius 1 is 1.12 bits per heavy atom. The highest BCUT2D eigenvalue weighted by Crippen LogP contribution is 2.35. The van der Waals surface area contributed by atoms with E-state index in [1.54, 1.807) is 30.3 Å². The van der Waals surface area contributed by atoms with Crippen molar-refractivity contribution in [2.24, 2.45) is 5.73 Å². The van der Waals surface area contributed by atoms with Gasteiger partial charge < -0.3 is 5.73 Å². The minimum absolute atomic E-state index is 0.156. The van der Waals surface area contributed by atoms with Gasteiger partial charge in [-0.15, -0.1) is 10.2 Å². The van der Waals surface area contributed by atoms with Crippen LogP contribution in [0.1, 0.15) is 16.4 Å². The van der Waals surface area contributed by atoms with Crippen molar-refractivity contribution in [3.05, 3.63) is 59.8 Å². The molecule has 1 aromatic carbocycles. The number of thioether (sulfide) groups is 1. The average molecular weight is 352 g/mol. The Balaban J connectivity index is 2.01. The molecule has 124 valence electrons. The maximum absolute atomic E-state index is 12.9. The lowest BCUT2D eigenvalue weighted by atomic mass is 10.1. The third kappa shape index (κ3) is 3.21. The molecule has 0 unspecified atom stereocenters. The molecule has 1 amide bonds. The van der Waals surface area contributed by atoms with Crippen LogP contribution in [-0.4, -0.2) is 20.5 Å². The van der Waals surface area contributed by atoms with Crippen molar-refractivity contribution >= 4 is 23.3 Å². The van der Waals surface area contributed by atoms with E-state index in [2.05, 4.69) is 10.2 Å². The molecule has 0 aliphatic heterocycles. The molecule has 3 aromatic rings. The number of hydrogen-bond acceptors (Lipinski definition) is 4. The van der Waals surface area contributed by atoms with Gasteiger partial charge in [-0.2, -0.15) is 13.2 Å². The summed E-state index contributed by atoms with van der Waals surface area (Å²) < 4.78 is 39.8. The van der Waals surface area contributed by atoms with E-state index in [1.165, 1.54) is 10.5 Å². The predicted molar refractivity (Wildman–Crippen MR) is 82.2 cm³/mol. The summed E-state index contributed by atoms with van der Waals surface area (Å²) in [7, 11) is 0. The van der Waals surface area contributed by atoms with Crippen LogP contribution in [0.4, 0.5) is 13.2 Å². The number of carbonyl (C=O) groups is 1. The van der Waals surface area contributed by atoms with E-state index in [0.29, 0.717) is 5.56 Å². The van der Waals surface area contributed by atoms with Gasteiger partial charge in [0, 0.05) is 6.20 Å². The minimum Gasteiger partial charge on any atom is -0.368 e. The van der Waals surface area contributed by atoms with Crippen LogP contribution < -0.4 is 5.73 Å². The maximum atomic E-state index is 12.9. The summed E-state index contributed by atoms with van der Waals surface area (Å²) in [5, 5.41) is 7.06. The molecule has 0 saturated heterocycles. The van der Waals surface area contributed by atoms with Gasteiger partial charge in [0.05, 0.1) is 5.56 Å². The van der Waals surface area contributed by atoms with E-state index in [4.69, 9.17) is 5.73 Å². The molecular weight excluding hydrogens is 341 g/mol. The van der Waals surface area contributed by atoms with Crippen LogP contribution in [0.15, 0.2) is 53.8 Å². The van der Waals surface area contributed by atoms with Crippen molar-refractivity contribution in [3.63, 3.8) is 0 Å². The third-order valence-corrected chi connectivity index (χ3v) is 4.51. The van der Waals surface area contributed by atoms with Crippen molar-refractivity contribution in [2.75, 3.05) is 0 Å². The van der Waals surface area contributed by atoms with Gasteiger partial charge in [0.1, 0.15) is 5.25 Å². The molecule has 0 aliphatic rings. The fraction of sp³-hybridized carbons (Fsp3) is 0.133. The van der Waals surface area contributed by atoms with Gasteiger partial charge in [-0.05, 0) is 17.7 Å². The van der Waals surface area contributed by atoms with Crippen molar-refractivity contribution in [1.82, 2.24) is 14.6 Å². The van der Waals surface area contributed by atoms with Crippen LogP contribution in [0.25, 0.3) is 5.65 Å². The average Bonchev–Trinajstić information content (AvgIpc) is 2.94. The second-order valence-electron chi connectivity index (χ2n) is 4.94. The van der Waals surface area contributed by atoms with E-state index < -0.39 is 22.9 Å². The molecule has 0 radical (unpaired) electrons. The standard InChI is InChI=1S/C15H11F3N4OS/c16-15(17,18)10-6-7-11-20-21-14(22(11)8-10)24-12(13(19)23)9-4-2-1-3-5-9/h1-8,12H,(H2,19,23)/t12-/m0/s1. The monoisotopic (exact) mass is 352 g/mol. The zero-order valence-corrected chi connectivity index (χ0v) is 12.9. The molecule has 2 N–H and O–H groups in total. The minimum atomic E-state index is -4.48. The smallest absolute Gasteiger partial charge is 0.368 e. The number of benzene rings is 1. The number of nitrogens with two attached hydrogens (primary N) is 1. The number of hydrogen-bond donors (Lipinski definition) is 1. The molecule has 3 rings (SSSR count). The molecule has 1 atom stereocenters. The number of carbonyl (C=O) groups excluding carboxylic acids is 1. The Hall–Kier alpha value is -2.55. The summed E-state index contributed by atoms with van der Waals surface area (Å²) in [5.41, 5.74) is 5.49. The number of fused-ring (bicyclic) bond motifs is 1. The zero-order valence-electron chi connectivity index (χ0n) is 12.1. The number of nitrogens with zero attached hydrogens (tertiary/aromatic N) is 3. The third-order valence-electron chi connectivity index (χ3n) is 3.28. The van der Waals surface area contributed by atoms with Crippen LogP contribution in [0.2, 0.25) is 0 Å². The Morgan fingerprint density at radius 2 is 1.83 bits per heavy atom. The number of amides is 1. The summed E-state index contributed by atoms with van der Waals surface area (Å²) in [4.78, 5) is 11.8. The van der Waals surface area contributed by atoms with E-state index in [1.807, 2.05) is 0 Å². The fourth-order valence-electron chi connectivity index (χ4n) is 2.14. The summed E-state index contributed by atoms with van der Waals surface area (Å²) in [6.45, 7) is 0. The molecule has 24 heavy (non-hydrogen) atoms. The first-order valence-corrected chi connectivity index (χ1v) is 7.67. The second-order valence-corrected chi connectivity index (χ2v) is 6.01. The Kier molecular flexibility index (Phi) is 4.18. The molecule has 0 saturated carbocycles. The highest BCUT2D eigenvalue weighted by molar-refractivity contribution is 8.00. The number of aromatic nitrogens is 3. The van der Waals surface area contributed by atoms with E-state index >= 15 is 0 Å². The lowest BCUT2D eigenvalue weighted by molar-refractivity contribution is -0.137. The van der Waals surface area contributed by atoms with Gasteiger partial charge >= 0.3 is 6.18 Å². The van der Waals surface area contributed by atoms with Crippen molar-refractivity contribution < 1.29 is 18.0 Å². The van der Waals surface area contributed by atoms with Gasteiger partial charge in [-0.25, -0.2) is 0 Å². The first-order chi connectivity index (χ1) is 11.4. The lowest BCUT2D eigenvalue weighted by Crippen LogP contribution is -2.19. The fourth-order valence-corrected chi connectivity index (χ4v) is 3.11. The molecule has 0 fully saturated rings. The molecule has 2 heterocycles. The summed E-state index contributed by atoms with van der Waals surface area (Å²) in [6.07, 6.45) is -3.58. The van der Waals surface area contributed by atoms with Crippen LogP contribution in [-0.2, 0) is 11.0 Å². The van der Waals surface area contributed by atoms with Crippen LogP contribution in [0, 0.1) is 0 Å². The number of rotatable bonds is 4. The molecule has 0 bridgehead atoms. The second kappa shape index (κ2) is 6.16. The van der Waals surface area contributed by atoms with E-state index in [9.17, 15) is 18.0 Å². The number of halogens is 3. The first-order valence-electron chi connectivity index (χ1n) is 6.79. The highest BCUT2D eigenvalue weighted by atomic mass is 32.2. The maximum Gasteiger partial charge on any atom is 0.417 e. The molecule has 5 nitrogen and oxygen atoms in total. The van der Waals surface area contributed by atoms with Gasteiger partial charge in [0.25, 0.3) is 0 Å². The Morgan fingerprint density at radius 3 is 2.46 bits per heavy atom. The van der Waals surface area contributed by atoms with Gasteiger partial charge in [0.15, 0.2) is 10.8 Å². The SMILES string of the molecule is NC(=O)[C@@H](Sc1nnc2ccc(C(F)(F)F)cn12)c1ccccc1. The normalized spacial score (nSPS) is 13.1. The molecule has 2 aromatic heterocycles. The quantitative estimate of drug-likeness (QED) is 0.733. The van der Waals surface area contributed by atoms with Crippen LogP contribution in [0.3, 0.4) is 0 Å². The van der Waals surface area contributed by atoms with Crippen LogP contribution >= 0.6 is 11.8 Å². The number of alkyl halides is 3. The van der Waals surface area contributed by atoms with Crippen molar-refractivity contribution in [1.29, 1.82) is 0 Å². The van der Waals surface area contributed by atoms with E-state index in [0.717, 1.165) is 24.0 Å². The summed E-state index contributed by atoms with van der Waals surface area (Å²) >= 11 is 0.953. The first kappa shape index (κ1) is 16.3. The molecule has 9 heteroatoms. The topological polar surface area (TPSA) is 73.3 Å². The van der Waals surface area contributed by atoms with Crippen molar-refractivity contribution in [2.45, 2.75) is 16.6 Å². The zero-order chi connectivity index (χ0) is 17.3. The summed E-state index contributed by atoms with van der Waals surface area (Å²) in [5.74, 6) is -0.616. The Labute approximate surface area is 138 Å². The van der Waals surface area contributed by atoms with Crippen molar-refractivity contribution in [3.8, 4) is 0 Å². The lowest BCUT2D eigenvalue weighted by Gasteiger charge is -2.12. The largest absolute Gasteiger partial charge is 0.417 e. The Bertz CT molecular complexity index is 879. The predicted octanol–water partition coefficient (Wildman–Crippen LogP) is 3.07. The van der Waals surface area contributed by atoms with Gasteiger partial charge in [-0.3, -0.25) is 9.20 Å². The number of primary amides is 1. The molecule has 0 aliphatic carbocycles. The van der Waals surface area contributed by atoms with E-state index in [-0.39, 0.29) is 10.8 Å². The molecule has 0 spiro atoms. The van der Waals surface area contributed by atoms with Gasteiger partial charge in [-0.1, -0.05) is 42.1 Å². The highest BCUT2D eigenvalue weighted by Gasteiger charge is 2.31. The summed E-state index contributed by atoms with van der Waals surface area (Å²) in [6, 6.07) is 10.9. The number of pyridine rings is 1.